The lowest BCUT2D eigenvalue weighted by atomic mass is 9.99. The zero-order valence-corrected chi connectivity index (χ0v) is 9.83. The number of methoxy groups -OCH3 is 1. The Kier molecular flexibility index (Phi) is 3.06. The molecule has 1 aliphatic carbocycles. The fourth-order valence-electron chi connectivity index (χ4n) is 2.10. The van der Waals surface area contributed by atoms with Gasteiger partial charge in [0.15, 0.2) is 0 Å². The molecule has 2 atom stereocenters. The number of halogens is 1. The van der Waals surface area contributed by atoms with Crippen LogP contribution in [-0.2, 0) is 0 Å². The molecule has 3 heteroatoms. The van der Waals surface area contributed by atoms with E-state index >= 15 is 0 Å². The third-order valence-electron chi connectivity index (χ3n) is 2.84. The van der Waals surface area contributed by atoms with Crippen LogP contribution in [0.4, 0.5) is 0 Å². The number of pyridine rings is 1. The molecule has 2 rings (SSSR count). The Morgan fingerprint density at radius 3 is 3.00 bits per heavy atom. The molecule has 2 unspecified atom stereocenters. The van der Waals surface area contributed by atoms with Crippen molar-refractivity contribution in [3.8, 4) is 5.75 Å². The van der Waals surface area contributed by atoms with Gasteiger partial charge in [-0.1, -0.05) is 15.9 Å². The molecular weight excluding hydrogens is 242 g/mol. The third-order valence-corrected chi connectivity index (χ3v) is 3.67. The predicted molar refractivity (Wildman–Crippen MR) is 60.1 cm³/mol. The molecule has 1 fully saturated rings. The number of ether oxygens (including phenoxy) is 1. The molecule has 0 N–H and O–H groups in total. The summed E-state index contributed by atoms with van der Waals surface area (Å²) in [6.07, 6.45) is 7.40. The van der Waals surface area contributed by atoms with Crippen molar-refractivity contribution in [2.45, 2.75) is 30.0 Å². The van der Waals surface area contributed by atoms with E-state index in [1.807, 2.05) is 12.3 Å². The molecule has 76 valence electrons. The summed E-state index contributed by atoms with van der Waals surface area (Å²) >= 11 is 3.66. The van der Waals surface area contributed by atoms with E-state index in [-0.39, 0.29) is 0 Å². The second-order valence-corrected chi connectivity index (χ2v) is 5.02. The molecule has 0 saturated heterocycles. The first kappa shape index (κ1) is 9.97. The largest absolute Gasteiger partial charge is 0.496 e. The van der Waals surface area contributed by atoms with Crippen LogP contribution in [-0.4, -0.2) is 16.9 Å². The van der Waals surface area contributed by atoms with Crippen LogP contribution in [0, 0.1) is 0 Å². The first-order valence-electron chi connectivity index (χ1n) is 4.93. The van der Waals surface area contributed by atoms with Gasteiger partial charge in [-0.15, -0.1) is 0 Å². The Morgan fingerprint density at radius 1 is 1.50 bits per heavy atom. The average Bonchev–Trinajstić information content (AvgIpc) is 2.65. The summed E-state index contributed by atoms with van der Waals surface area (Å²) in [7, 11) is 1.72. The summed E-state index contributed by atoms with van der Waals surface area (Å²) in [6, 6.07) is 1.94. The van der Waals surface area contributed by atoms with Gasteiger partial charge in [0.2, 0.25) is 0 Å². The summed E-state index contributed by atoms with van der Waals surface area (Å²) in [6.45, 7) is 0. The molecule has 2 nitrogen and oxygen atoms in total. The van der Waals surface area contributed by atoms with Gasteiger partial charge in [-0.25, -0.2) is 0 Å². The van der Waals surface area contributed by atoms with Crippen LogP contribution < -0.4 is 4.74 Å². The maximum atomic E-state index is 5.34. The van der Waals surface area contributed by atoms with Crippen LogP contribution in [0.3, 0.4) is 0 Å². The van der Waals surface area contributed by atoms with Gasteiger partial charge in [0.1, 0.15) is 5.75 Å². The average molecular weight is 256 g/mol. The van der Waals surface area contributed by atoms with Gasteiger partial charge in [0.05, 0.1) is 7.11 Å². The van der Waals surface area contributed by atoms with Gasteiger partial charge in [-0.2, -0.15) is 0 Å². The van der Waals surface area contributed by atoms with Gasteiger partial charge in [-0.3, -0.25) is 4.98 Å². The van der Waals surface area contributed by atoms with Crippen molar-refractivity contribution in [3.63, 3.8) is 0 Å². The second-order valence-electron chi connectivity index (χ2n) is 3.72. The number of hydrogen-bond acceptors (Lipinski definition) is 2. The molecule has 0 spiro atoms. The van der Waals surface area contributed by atoms with E-state index in [1.165, 1.54) is 24.8 Å². The summed E-state index contributed by atoms with van der Waals surface area (Å²) in [5.41, 5.74) is 1.26. The van der Waals surface area contributed by atoms with Crippen molar-refractivity contribution in [2.24, 2.45) is 0 Å². The van der Waals surface area contributed by atoms with Crippen LogP contribution in [0.15, 0.2) is 18.5 Å². The van der Waals surface area contributed by atoms with Gasteiger partial charge < -0.3 is 4.74 Å². The zero-order chi connectivity index (χ0) is 9.97. The third kappa shape index (κ3) is 1.92. The minimum absolute atomic E-state index is 0.614. The van der Waals surface area contributed by atoms with Crippen LogP contribution >= 0.6 is 15.9 Å². The van der Waals surface area contributed by atoms with E-state index < -0.39 is 0 Å². The molecule has 1 aromatic rings. The summed E-state index contributed by atoms with van der Waals surface area (Å²) in [5, 5.41) is 0. The molecule has 14 heavy (non-hydrogen) atoms. The first-order chi connectivity index (χ1) is 6.81. The number of hydrogen-bond donors (Lipinski definition) is 0. The Bertz CT molecular complexity index is 316. The van der Waals surface area contributed by atoms with E-state index in [1.54, 1.807) is 13.3 Å². The fourth-order valence-corrected chi connectivity index (χ4v) is 2.81. The van der Waals surface area contributed by atoms with Gasteiger partial charge in [0.25, 0.3) is 0 Å². The maximum Gasteiger partial charge on any atom is 0.125 e. The van der Waals surface area contributed by atoms with Crippen molar-refractivity contribution < 1.29 is 4.74 Å². The smallest absolute Gasteiger partial charge is 0.125 e. The number of rotatable bonds is 2. The van der Waals surface area contributed by atoms with Crippen molar-refractivity contribution >= 4 is 15.9 Å². The van der Waals surface area contributed by atoms with E-state index in [0.717, 1.165) is 5.75 Å². The lowest BCUT2D eigenvalue weighted by Gasteiger charge is -2.13. The molecule has 0 radical (unpaired) electrons. The molecule has 1 aromatic heterocycles. The second kappa shape index (κ2) is 4.30. The van der Waals surface area contributed by atoms with Crippen LogP contribution in [0.1, 0.15) is 30.7 Å². The maximum absolute atomic E-state index is 5.34. The monoisotopic (exact) mass is 255 g/mol. The van der Waals surface area contributed by atoms with Crippen molar-refractivity contribution in [1.29, 1.82) is 0 Å². The van der Waals surface area contributed by atoms with Gasteiger partial charge in [0, 0.05) is 22.8 Å². The molecule has 1 heterocycles. The van der Waals surface area contributed by atoms with Crippen LogP contribution in [0.5, 0.6) is 5.75 Å². The SMILES string of the molecule is COc1ccncc1C1CCC(Br)C1. The highest BCUT2D eigenvalue weighted by Crippen LogP contribution is 2.40. The number of nitrogens with zero attached hydrogens (tertiary/aromatic N) is 1. The molecule has 0 bridgehead atoms. The molecule has 0 aromatic carbocycles. The van der Waals surface area contributed by atoms with E-state index in [4.69, 9.17) is 4.74 Å². The number of aromatic nitrogens is 1. The highest BCUT2D eigenvalue weighted by Gasteiger charge is 2.26. The minimum atomic E-state index is 0.614. The quantitative estimate of drug-likeness (QED) is 0.758. The first-order valence-corrected chi connectivity index (χ1v) is 5.85. The van der Waals surface area contributed by atoms with E-state index in [9.17, 15) is 0 Å². The predicted octanol–water partition coefficient (Wildman–Crippen LogP) is 3.12. The Hall–Kier alpha value is -0.570. The molecular formula is C11H14BrNO. The highest BCUT2D eigenvalue weighted by molar-refractivity contribution is 9.09. The minimum Gasteiger partial charge on any atom is -0.496 e. The zero-order valence-electron chi connectivity index (χ0n) is 8.24. The standard InChI is InChI=1S/C11H14BrNO/c1-14-11-4-5-13-7-10(11)8-2-3-9(12)6-8/h4-5,7-9H,2-3,6H2,1H3. The Labute approximate surface area is 92.8 Å². The summed E-state index contributed by atoms with van der Waals surface area (Å²) < 4.78 is 5.34. The van der Waals surface area contributed by atoms with Crippen LogP contribution in [0.25, 0.3) is 0 Å². The molecule has 1 saturated carbocycles. The van der Waals surface area contributed by atoms with E-state index in [0.29, 0.717) is 10.7 Å². The molecule has 0 aliphatic heterocycles. The lowest BCUT2D eigenvalue weighted by Crippen LogP contribution is -1.98. The highest BCUT2D eigenvalue weighted by atomic mass is 79.9. The fraction of sp³-hybridized carbons (Fsp3) is 0.545. The summed E-state index contributed by atoms with van der Waals surface area (Å²) in [4.78, 5) is 4.83. The van der Waals surface area contributed by atoms with Crippen LogP contribution in [0.2, 0.25) is 0 Å². The number of alkyl halides is 1. The van der Waals surface area contributed by atoms with Gasteiger partial charge in [-0.05, 0) is 31.2 Å². The molecule has 0 amide bonds. The lowest BCUT2D eigenvalue weighted by molar-refractivity contribution is 0.404. The normalized spacial score (nSPS) is 26.4. The van der Waals surface area contributed by atoms with Crippen molar-refractivity contribution in [1.82, 2.24) is 4.98 Å². The topological polar surface area (TPSA) is 22.1 Å². The van der Waals surface area contributed by atoms with Crippen molar-refractivity contribution in [2.75, 3.05) is 7.11 Å². The van der Waals surface area contributed by atoms with Crippen molar-refractivity contribution in [3.05, 3.63) is 24.0 Å². The van der Waals surface area contributed by atoms with Gasteiger partial charge >= 0.3 is 0 Å². The van der Waals surface area contributed by atoms with E-state index in [2.05, 4.69) is 20.9 Å². The molecule has 1 aliphatic rings. The summed E-state index contributed by atoms with van der Waals surface area (Å²) in [5.74, 6) is 1.59. The Morgan fingerprint density at radius 2 is 2.36 bits per heavy atom. The Balaban J connectivity index is 2.22.